The zero-order valence-corrected chi connectivity index (χ0v) is 22.5. The van der Waals surface area contributed by atoms with Crippen molar-refractivity contribution in [2.75, 3.05) is 40.5 Å². The molecule has 1 saturated heterocycles. The van der Waals surface area contributed by atoms with Crippen LogP contribution in [-0.2, 0) is 11.3 Å². The molecule has 0 aromatic heterocycles. The molecule has 0 radical (unpaired) electrons. The summed E-state index contributed by atoms with van der Waals surface area (Å²) in [5.41, 5.74) is 3.73. The van der Waals surface area contributed by atoms with E-state index >= 15 is 0 Å². The molecule has 5 rings (SSSR count). The number of hydrogen-bond donors (Lipinski definition) is 1. The molecule has 2 aliphatic rings. The molecule has 38 heavy (non-hydrogen) atoms. The molecule has 1 amide bonds. The number of amides is 1. The van der Waals surface area contributed by atoms with E-state index in [4.69, 9.17) is 9.47 Å². The second-order valence-electron chi connectivity index (χ2n) is 10.7. The van der Waals surface area contributed by atoms with E-state index in [0.29, 0.717) is 30.8 Å². The molecule has 3 aromatic rings. The summed E-state index contributed by atoms with van der Waals surface area (Å²) in [6, 6.07) is 28.0. The molecule has 6 heteroatoms. The Labute approximate surface area is 226 Å². The molecule has 2 atom stereocenters. The number of rotatable bonds is 10. The van der Waals surface area contributed by atoms with E-state index in [1.165, 1.54) is 11.1 Å². The molecule has 6 nitrogen and oxygen atoms in total. The number of hydrogen-bond acceptors (Lipinski definition) is 5. The molecule has 0 aliphatic carbocycles. The maximum Gasteiger partial charge on any atom is 0.231 e. The van der Waals surface area contributed by atoms with Crippen molar-refractivity contribution in [3.63, 3.8) is 0 Å². The van der Waals surface area contributed by atoms with Crippen molar-refractivity contribution in [1.82, 2.24) is 15.1 Å². The molecule has 0 unspecified atom stereocenters. The van der Waals surface area contributed by atoms with Crippen molar-refractivity contribution >= 4 is 5.91 Å². The van der Waals surface area contributed by atoms with E-state index in [-0.39, 0.29) is 12.7 Å². The molecule has 1 N–H and O–H groups in total. The Morgan fingerprint density at radius 3 is 2.34 bits per heavy atom. The molecule has 0 spiro atoms. The normalized spacial score (nSPS) is 19.2. The van der Waals surface area contributed by atoms with E-state index in [9.17, 15) is 4.79 Å². The van der Waals surface area contributed by atoms with Gasteiger partial charge in [0.15, 0.2) is 11.5 Å². The van der Waals surface area contributed by atoms with Gasteiger partial charge in [-0.1, -0.05) is 66.7 Å². The minimum Gasteiger partial charge on any atom is -0.454 e. The molecule has 2 heterocycles. The number of nitrogens with zero attached hydrogens (tertiary/aromatic N) is 2. The van der Waals surface area contributed by atoms with E-state index in [1.54, 1.807) is 0 Å². The van der Waals surface area contributed by atoms with Gasteiger partial charge in [-0.2, -0.15) is 0 Å². The maximum atomic E-state index is 12.8. The topological polar surface area (TPSA) is 54.0 Å². The van der Waals surface area contributed by atoms with Crippen molar-refractivity contribution in [3.8, 4) is 11.5 Å². The van der Waals surface area contributed by atoms with Crippen LogP contribution in [0, 0.1) is 5.92 Å². The van der Waals surface area contributed by atoms with Crippen LogP contribution in [-0.4, -0.2) is 62.3 Å². The molecular formula is C32H39N3O3. The summed E-state index contributed by atoms with van der Waals surface area (Å²) in [6.45, 7) is 3.83. The van der Waals surface area contributed by atoms with E-state index in [1.807, 2.05) is 18.2 Å². The Kier molecular flexibility index (Phi) is 8.61. The smallest absolute Gasteiger partial charge is 0.231 e. The predicted octanol–water partition coefficient (Wildman–Crippen LogP) is 4.90. The molecule has 200 valence electrons. The highest BCUT2D eigenvalue weighted by Gasteiger charge is 2.32. The first-order valence-electron chi connectivity index (χ1n) is 13.7. The third kappa shape index (κ3) is 6.55. The van der Waals surface area contributed by atoms with E-state index in [2.05, 4.69) is 89.9 Å². The highest BCUT2D eigenvalue weighted by molar-refractivity contribution is 5.75. The largest absolute Gasteiger partial charge is 0.454 e. The molecular weight excluding hydrogens is 474 g/mol. The van der Waals surface area contributed by atoms with Crippen LogP contribution in [0.15, 0.2) is 78.9 Å². The van der Waals surface area contributed by atoms with Gasteiger partial charge in [-0.3, -0.25) is 4.79 Å². The molecule has 2 aliphatic heterocycles. The van der Waals surface area contributed by atoms with Gasteiger partial charge in [0, 0.05) is 38.0 Å². The summed E-state index contributed by atoms with van der Waals surface area (Å²) in [4.78, 5) is 17.8. The zero-order chi connectivity index (χ0) is 26.3. The third-order valence-electron chi connectivity index (χ3n) is 7.95. The number of benzene rings is 3. The summed E-state index contributed by atoms with van der Waals surface area (Å²) < 4.78 is 10.8. The number of carbonyl (C=O) groups is 1. The molecule has 1 fully saturated rings. The zero-order valence-electron chi connectivity index (χ0n) is 22.5. The van der Waals surface area contributed by atoms with Gasteiger partial charge < -0.3 is 24.6 Å². The summed E-state index contributed by atoms with van der Waals surface area (Å²) in [7, 11) is 4.34. The fraction of sp³-hybridized carbons (Fsp3) is 0.406. The SMILES string of the molecule is CN(C)[C@@H]1CCN(CC(c2ccccc2)c2ccccc2)C[C@@H]1CCC(=O)NCc1ccc2c(c1)OCO2. The maximum absolute atomic E-state index is 12.8. The first kappa shape index (κ1) is 26.3. The highest BCUT2D eigenvalue weighted by atomic mass is 16.7. The number of nitrogens with one attached hydrogen (secondary N) is 1. The Hall–Kier alpha value is -3.35. The summed E-state index contributed by atoms with van der Waals surface area (Å²) in [5.74, 6) is 2.39. The van der Waals surface area contributed by atoms with E-state index < -0.39 is 0 Å². The second kappa shape index (κ2) is 12.5. The van der Waals surface area contributed by atoms with Crippen molar-refractivity contribution in [1.29, 1.82) is 0 Å². The first-order chi connectivity index (χ1) is 18.6. The van der Waals surface area contributed by atoms with E-state index in [0.717, 1.165) is 49.5 Å². The standard InChI is InChI=1S/C32H39N3O3/c1-34(2)29-17-18-35(22-28(25-9-5-3-6-10-25)26-11-7-4-8-12-26)21-27(29)14-16-32(36)33-20-24-13-15-30-31(19-24)38-23-37-30/h3-13,15,19,27-29H,14,16-18,20-23H2,1-2H3,(H,33,36)/t27-,29+/m0/s1. The third-order valence-corrected chi connectivity index (χ3v) is 7.95. The van der Waals surface area contributed by atoms with Crippen LogP contribution in [0.5, 0.6) is 11.5 Å². The second-order valence-corrected chi connectivity index (χ2v) is 10.7. The van der Waals surface area contributed by atoms with Crippen LogP contribution in [0.25, 0.3) is 0 Å². The van der Waals surface area contributed by atoms with Crippen LogP contribution in [0.3, 0.4) is 0 Å². The monoisotopic (exact) mass is 513 g/mol. The number of carbonyl (C=O) groups excluding carboxylic acids is 1. The van der Waals surface area contributed by atoms with Gasteiger partial charge in [-0.05, 0) is 68.2 Å². The minimum atomic E-state index is 0.101. The van der Waals surface area contributed by atoms with Crippen LogP contribution in [0.2, 0.25) is 0 Å². The average molecular weight is 514 g/mol. The van der Waals surface area contributed by atoms with Crippen LogP contribution < -0.4 is 14.8 Å². The molecule has 0 bridgehead atoms. The lowest BCUT2D eigenvalue weighted by Crippen LogP contribution is -2.50. The Morgan fingerprint density at radius 1 is 0.974 bits per heavy atom. The Bertz CT molecular complexity index is 1150. The predicted molar refractivity (Wildman–Crippen MR) is 150 cm³/mol. The summed E-state index contributed by atoms with van der Waals surface area (Å²) in [6.07, 6.45) is 2.54. The Morgan fingerprint density at radius 2 is 1.66 bits per heavy atom. The lowest BCUT2D eigenvalue weighted by atomic mass is 9.85. The number of ether oxygens (including phenoxy) is 2. The van der Waals surface area contributed by atoms with Crippen molar-refractivity contribution in [2.24, 2.45) is 5.92 Å². The van der Waals surface area contributed by atoms with Crippen molar-refractivity contribution in [3.05, 3.63) is 95.6 Å². The number of piperidine rings is 1. The lowest BCUT2D eigenvalue weighted by molar-refractivity contribution is -0.121. The van der Waals surface area contributed by atoms with Gasteiger partial charge in [0.05, 0.1) is 0 Å². The van der Waals surface area contributed by atoms with Crippen molar-refractivity contribution in [2.45, 2.75) is 37.8 Å². The summed E-state index contributed by atoms with van der Waals surface area (Å²) in [5, 5.41) is 3.10. The average Bonchev–Trinajstić information content (AvgIpc) is 3.42. The molecule has 0 saturated carbocycles. The van der Waals surface area contributed by atoms with Crippen LogP contribution >= 0.6 is 0 Å². The molecule has 3 aromatic carbocycles. The van der Waals surface area contributed by atoms with Crippen molar-refractivity contribution < 1.29 is 14.3 Å². The fourth-order valence-corrected chi connectivity index (χ4v) is 5.91. The number of likely N-dealkylation sites (tertiary alicyclic amines) is 1. The summed E-state index contributed by atoms with van der Waals surface area (Å²) >= 11 is 0. The van der Waals surface area contributed by atoms with Crippen LogP contribution in [0.1, 0.15) is 41.9 Å². The van der Waals surface area contributed by atoms with Gasteiger partial charge in [-0.25, -0.2) is 0 Å². The fourth-order valence-electron chi connectivity index (χ4n) is 5.91. The van der Waals surface area contributed by atoms with Gasteiger partial charge in [0.25, 0.3) is 0 Å². The van der Waals surface area contributed by atoms with Gasteiger partial charge in [0.2, 0.25) is 12.7 Å². The van der Waals surface area contributed by atoms with Gasteiger partial charge in [-0.15, -0.1) is 0 Å². The highest BCUT2D eigenvalue weighted by Crippen LogP contribution is 2.33. The lowest BCUT2D eigenvalue weighted by Gasteiger charge is -2.43. The van der Waals surface area contributed by atoms with Gasteiger partial charge >= 0.3 is 0 Å². The quantitative estimate of drug-likeness (QED) is 0.418. The van der Waals surface area contributed by atoms with Gasteiger partial charge in [0.1, 0.15) is 0 Å². The number of fused-ring (bicyclic) bond motifs is 1. The first-order valence-corrected chi connectivity index (χ1v) is 13.7. The van der Waals surface area contributed by atoms with Crippen LogP contribution in [0.4, 0.5) is 0 Å². The minimum absolute atomic E-state index is 0.101. The Balaban J connectivity index is 1.19.